The fraction of sp³-hybridized carbons (Fsp3) is 0.207. The Balaban J connectivity index is 1.48. The van der Waals surface area contributed by atoms with Crippen molar-refractivity contribution >= 4 is 57.6 Å². The van der Waals surface area contributed by atoms with E-state index in [9.17, 15) is 9.59 Å². The van der Waals surface area contributed by atoms with Crippen molar-refractivity contribution in [3.63, 3.8) is 0 Å². The van der Waals surface area contributed by atoms with Crippen molar-refractivity contribution in [1.29, 1.82) is 0 Å². The van der Waals surface area contributed by atoms with Crippen LogP contribution in [-0.2, 0) is 9.59 Å². The van der Waals surface area contributed by atoms with Crippen LogP contribution in [0, 0.1) is 20.8 Å². The summed E-state index contributed by atoms with van der Waals surface area (Å²) in [5.41, 5.74) is 5.37. The van der Waals surface area contributed by atoms with Crippen LogP contribution >= 0.6 is 24.0 Å². The fourth-order valence-corrected chi connectivity index (χ4v) is 5.11. The smallest absolute Gasteiger partial charge is 0.270 e. The van der Waals surface area contributed by atoms with Crippen LogP contribution in [0.25, 0.3) is 6.08 Å². The second-order valence-corrected chi connectivity index (χ2v) is 10.3. The van der Waals surface area contributed by atoms with Crippen molar-refractivity contribution in [2.75, 3.05) is 23.4 Å². The maximum atomic E-state index is 13.1. The van der Waals surface area contributed by atoms with Gasteiger partial charge in [0.2, 0.25) is 0 Å². The van der Waals surface area contributed by atoms with Crippen molar-refractivity contribution in [3.05, 3.63) is 87.8 Å². The molecule has 0 aromatic heterocycles. The van der Waals surface area contributed by atoms with E-state index in [1.807, 2.05) is 76.2 Å². The zero-order valence-electron chi connectivity index (χ0n) is 21.2. The summed E-state index contributed by atoms with van der Waals surface area (Å²) in [7, 11) is 0. The molecular formula is C29H28N2O4S2. The second kappa shape index (κ2) is 11.6. The molecule has 0 bridgehead atoms. The summed E-state index contributed by atoms with van der Waals surface area (Å²) in [4.78, 5) is 27.7. The molecule has 3 aromatic carbocycles. The number of nitrogens with one attached hydrogen (secondary N) is 1. The van der Waals surface area contributed by atoms with Crippen LogP contribution in [0.4, 0.5) is 11.4 Å². The molecule has 3 aromatic rings. The average molecular weight is 533 g/mol. The summed E-state index contributed by atoms with van der Waals surface area (Å²) in [6.45, 7) is 8.02. The topological polar surface area (TPSA) is 67.9 Å². The average Bonchev–Trinajstić information content (AvgIpc) is 3.13. The highest BCUT2D eigenvalue weighted by Gasteiger charge is 2.33. The minimum Gasteiger partial charge on any atom is -0.490 e. The lowest BCUT2D eigenvalue weighted by Gasteiger charge is -2.15. The number of rotatable bonds is 8. The van der Waals surface area contributed by atoms with E-state index in [2.05, 4.69) is 5.32 Å². The van der Waals surface area contributed by atoms with Crippen molar-refractivity contribution in [1.82, 2.24) is 0 Å². The van der Waals surface area contributed by atoms with E-state index in [1.54, 1.807) is 23.1 Å². The number of thioether (sulfide) groups is 1. The van der Waals surface area contributed by atoms with Gasteiger partial charge in [-0.3, -0.25) is 14.5 Å². The zero-order valence-corrected chi connectivity index (χ0v) is 22.8. The number of ether oxygens (including phenoxy) is 2. The molecule has 1 aliphatic heterocycles. The zero-order chi connectivity index (χ0) is 26.5. The first-order valence-electron chi connectivity index (χ1n) is 11.9. The van der Waals surface area contributed by atoms with Crippen LogP contribution < -0.4 is 19.7 Å². The number of thiocarbonyl (C=S) groups is 1. The highest BCUT2D eigenvalue weighted by Crippen LogP contribution is 2.37. The molecule has 1 aliphatic rings. The molecule has 0 radical (unpaired) electrons. The maximum absolute atomic E-state index is 13.1. The first-order chi connectivity index (χ1) is 17.7. The van der Waals surface area contributed by atoms with Gasteiger partial charge in [-0.05, 0) is 86.4 Å². The Labute approximate surface area is 226 Å². The van der Waals surface area contributed by atoms with Gasteiger partial charge < -0.3 is 14.8 Å². The van der Waals surface area contributed by atoms with Crippen LogP contribution in [0.3, 0.4) is 0 Å². The Kier molecular flexibility index (Phi) is 8.31. The van der Waals surface area contributed by atoms with Crippen LogP contribution in [0.5, 0.6) is 11.5 Å². The quantitative estimate of drug-likeness (QED) is 0.266. The standard InChI is InChI=1S/C29H28N2O4S2/c1-5-34-25-15-21(16-26-28(33)31(29(36)37-26)22-8-6-7-18(2)13-22)11-12-24(25)35-17-27(32)30-23-14-19(3)9-10-20(23)4/h6-16H,5,17H2,1-4H3,(H,30,32)/b26-16-. The Morgan fingerprint density at radius 1 is 1.00 bits per heavy atom. The lowest BCUT2D eigenvalue weighted by Crippen LogP contribution is -2.27. The largest absolute Gasteiger partial charge is 0.490 e. The number of carbonyl (C=O) groups is 2. The van der Waals surface area contributed by atoms with Crippen molar-refractivity contribution < 1.29 is 19.1 Å². The summed E-state index contributed by atoms with van der Waals surface area (Å²) < 4.78 is 12.0. The van der Waals surface area contributed by atoms with Crippen LogP contribution in [0.2, 0.25) is 0 Å². The van der Waals surface area contributed by atoms with E-state index in [1.165, 1.54) is 11.8 Å². The molecule has 2 amide bonds. The summed E-state index contributed by atoms with van der Waals surface area (Å²) in [5, 5.41) is 2.89. The number of hydrogen-bond acceptors (Lipinski definition) is 6. The Morgan fingerprint density at radius 2 is 1.78 bits per heavy atom. The van der Waals surface area contributed by atoms with Crippen molar-refractivity contribution in [2.45, 2.75) is 27.7 Å². The minimum absolute atomic E-state index is 0.165. The summed E-state index contributed by atoms with van der Waals surface area (Å²) in [6.07, 6.45) is 1.79. The molecule has 1 fully saturated rings. The van der Waals surface area contributed by atoms with E-state index in [-0.39, 0.29) is 18.4 Å². The molecular weight excluding hydrogens is 504 g/mol. The molecule has 8 heteroatoms. The second-order valence-electron chi connectivity index (χ2n) is 8.65. The lowest BCUT2D eigenvalue weighted by molar-refractivity contribution is -0.118. The Bertz CT molecular complexity index is 1400. The predicted octanol–water partition coefficient (Wildman–Crippen LogP) is 6.43. The maximum Gasteiger partial charge on any atom is 0.270 e. The molecule has 0 saturated carbocycles. The van der Waals surface area contributed by atoms with Gasteiger partial charge >= 0.3 is 0 Å². The number of hydrogen-bond donors (Lipinski definition) is 1. The van der Waals surface area contributed by atoms with Gasteiger partial charge in [0.1, 0.15) is 0 Å². The predicted molar refractivity (Wildman–Crippen MR) is 154 cm³/mol. The monoisotopic (exact) mass is 532 g/mol. The van der Waals surface area contributed by atoms with Crippen LogP contribution in [0.15, 0.2) is 65.6 Å². The number of nitrogens with zero attached hydrogens (tertiary/aromatic N) is 1. The number of benzene rings is 3. The number of amides is 2. The number of carbonyl (C=O) groups excluding carboxylic acids is 2. The Morgan fingerprint density at radius 3 is 2.54 bits per heavy atom. The fourth-order valence-electron chi connectivity index (χ4n) is 3.81. The highest BCUT2D eigenvalue weighted by atomic mass is 32.2. The van der Waals surface area contributed by atoms with Gasteiger partial charge in [-0.25, -0.2) is 0 Å². The van der Waals surface area contributed by atoms with Gasteiger partial charge in [0.15, 0.2) is 22.4 Å². The molecule has 6 nitrogen and oxygen atoms in total. The van der Waals surface area contributed by atoms with E-state index in [0.717, 1.165) is 33.6 Å². The molecule has 37 heavy (non-hydrogen) atoms. The van der Waals surface area contributed by atoms with Gasteiger partial charge in [0, 0.05) is 5.69 Å². The molecule has 190 valence electrons. The first kappa shape index (κ1) is 26.4. The molecule has 0 spiro atoms. The van der Waals surface area contributed by atoms with Crippen LogP contribution in [0.1, 0.15) is 29.2 Å². The lowest BCUT2D eigenvalue weighted by atomic mass is 10.1. The number of aryl methyl sites for hydroxylation is 3. The van der Waals surface area contributed by atoms with Gasteiger partial charge in [0.25, 0.3) is 11.8 Å². The normalized spacial score (nSPS) is 14.3. The third kappa shape index (κ3) is 6.39. The van der Waals surface area contributed by atoms with E-state index >= 15 is 0 Å². The molecule has 0 unspecified atom stereocenters. The molecule has 0 atom stereocenters. The van der Waals surface area contributed by atoms with E-state index in [0.29, 0.717) is 27.3 Å². The summed E-state index contributed by atoms with van der Waals surface area (Å²) in [5.74, 6) is 0.509. The molecule has 1 saturated heterocycles. The van der Waals surface area contributed by atoms with Gasteiger partial charge in [-0.2, -0.15) is 0 Å². The van der Waals surface area contributed by atoms with Crippen molar-refractivity contribution in [3.8, 4) is 11.5 Å². The van der Waals surface area contributed by atoms with E-state index < -0.39 is 0 Å². The minimum atomic E-state index is -0.264. The van der Waals surface area contributed by atoms with Crippen molar-refractivity contribution in [2.24, 2.45) is 0 Å². The molecule has 1 N–H and O–H groups in total. The Hall–Kier alpha value is -3.62. The van der Waals surface area contributed by atoms with Gasteiger partial charge in [0.05, 0.1) is 17.2 Å². The van der Waals surface area contributed by atoms with E-state index in [4.69, 9.17) is 21.7 Å². The summed E-state index contributed by atoms with van der Waals surface area (Å²) in [6, 6.07) is 18.9. The SMILES string of the molecule is CCOc1cc(/C=C2\SC(=S)N(c3cccc(C)c3)C2=O)ccc1OCC(=O)Nc1cc(C)ccc1C. The molecule has 1 heterocycles. The third-order valence-corrected chi connectivity index (χ3v) is 6.95. The van der Waals surface area contributed by atoms with Crippen LogP contribution in [-0.4, -0.2) is 29.3 Å². The number of anilines is 2. The first-order valence-corrected chi connectivity index (χ1v) is 13.1. The van der Waals surface area contributed by atoms with Gasteiger partial charge in [-0.1, -0.05) is 54.3 Å². The molecule has 0 aliphatic carbocycles. The highest BCUT2D eigenvalue weighted by molar-refractivity contribution is 8.27. The third-order valence-electron chi connectivity index (χ3n) is 5.64. The molecule has 4 rings (SSSR count). The summed E-state index contributed by atoms with van der Waals surface area (Å²) >= 11 is 6.75. The van der Waals surface area contributed by atoms with Gasteiger partial charge in [-0.15, -0.1) is 0 Å².